The smallest absolute Gasteiger partial charge is 0.339 e. The highest BCUT2D eigenvalue weighted by Gasteiger charge is 2.17. The molecule has 0 saturated heterocycles. The van der Waals surface area contributed by atoms with E-state index in [4.69, 9.17) is 9.15 Å². The molecular formula is C20H18N2O5. The van der Waals surface area contributed by atoms with Crippen LogP contribution < -0.4 is 5.32 Å². The van der Waals surface area contributed by atoms with Gasteiger partial charge in [0.2, 0.25) is 11.7 Å². The summed E-state index contributed by atoms with van der Waals surface area (Å²) in [6.07, 6.45) is 0. The van der Waals surface area contributed by atoms with Gasteiger partial charge in [0.15, 0.2) is 12.4 Å². The fraction of sp³-hybridized carbons (Fsp3) is 0.200. The highest BCUT2D eigenvalue weighted by molar-refractivity contribution is 6.04. The van der Waals surface area contributed by atoms with Gasteiger partial charge < -0.3 is 14.5 Å². The molecule has 1 amide bonds. The highest BCUT2D eigenvalue weighted by Crippen LogP contribution is 2.19. The zero-order valence-electron chi connectivity index (χ0n) is 14.9. The van der Waals surface area contributed by atoms with Crippen molar-refractivity contribution >= 4 is 28.6 Å². The first kappa shape index (κ1) is 18.3. The summed E-state index contributed by atoms with van der Waals surface area (Å²) in [6, 6.07) is 11.9. The van der Waals surface area contributed by atoms with Gasteiger partial charge in [-0.25, -0.2) is 4.79 Å². The molecule has 0 aliphatic heterocycles. The molecule has 1 N–H and O–H groups in total. The Labute approximate surface area is 155 Å². The van der Waals surface area contributed by atoms with Crippen LogP contribution in [0, 0.1) is 6.92 Å². The lowest BCUT2D eigenvalue weighted by Gasteiger charge is -2.07. The van der Waals surface area contributed by atoms with Crippen molar-refractivity contribution in [3.63, 3.8) is 0 Å². The number of nitrogens with one attached hydrogen (secondary N) is 1. The minimum Gasteiger partial charge on any atom is -0.456 e. The molecule has 0 fully saturated rings. The molecule has 0 saturated carbocycles. The van der Waals surface area contributed by atoms with E-state index < -0.39 is 18.4 Å². The number of aryl methyl sites for hydroxylation is 1. The van der Waals surface area contributed by atoms with E-state index in [0.29, 0.717) is 27.9 Å². The van der Waals surface area contributed by atoms with Crippen molar-refractivity contribution in [2.75, 3.05) is 6.61 Å². The molecule has 0 unspecified atom stereocenters. The lowest BCUT2D eigenvalue weighted by Crippen LogP contribution is -2.18. The van der Waals surface area contributed by atoms with Gasteiger partial charge in [-0.05, 0) is 31.2 Å². The zero-order chi connectivity index (χ0) is 19.4. The molecule has 3 rings (SSSR count). The fourth-order valence-corrected chi connectivity index (χ4v) is 2.59. The summed E-state index contributed by atoms with van der Waals surface area (Å²) in [5, 5.41) is 3.24. The summed E-state index contributed by atoms with van der Waals surface area (Å²) in [5.41, 5.74) is 1.72. The quantitative estimate of drug-likeness (QED) is 0.532. The molecule has 0 aliphatic carbocycles. The number of pyridine rings is 1. The normalized spacial score (nSPS) is 10.6. The topological polar surface area (TPSA) is 98.5 Å². The largest absolute Gasteiger partial charge is 0.456 e. The third kappa shape index (κ3) is 4.38. The molecule has 0 atom stereocenters. The SMILES string of the molecule is CC(=O)NCc1ccc(C(=O)COC(=O)c2cc(C)nc3ccccc23)o1. The lowest BCUT2D eigenvalue weighted by atomic mass is 10.1. The number of fused-ring (bicyclic) bond motifs is 1. The predicted octanol–water partition coefficient (Wildman–Crippen LogP) is 2.81. The second-order valence-electron chi connectivity index (χ2n) is 6.00. The molecule has 138 valence electrons. The molecule has 0 spiro atoms. The number of amides is 1. The summed E-state index contributed by atoms with van der Waals surface area (Å²) in [4.78, 5) is 39.9. The molecule has 0 bridgehead atoms. The average Bonchev–Trinajstić information content (AvgIpc) is 3.12. The van der Waals surface area contributed by atoms with Crippen LogP contribution in [0.2, 0.25) is 0 Å². The van der Waals surface area contributed by atoms with Gasteiger partial charge in [-0.3, -0.25) is 14.6 Å². The number of carbonyl (C=O) groups is 3. The molecule has 2 aromatic heterocycles. The Morgan fingerprint density at radius 1 is 1.15 bits per heavy atom. The first-order valence-corrected chi connectivity index (χ1v) is 8.34. The van der Waals surface area contributed by atoms with Gasteiger partial charge in [0.05, 0.1) is 17.6 Å². The molecular weight excluding hydrogens is 348 g/mol. The van der Waals surface area contributed by atoms with Crippen molar-refractivity contribution in [3.8, 4) is 0 Å². The Balaban J connectivity index is 1.67. The maximum absolute atomic E-state index is 12.4. The van der Waals surface area contributed by atoms with Gasteiger partial charge in [-0.15, -0.1) is 0 Å². The Bertz CT molecular complexity index is 1020. The Morgan fingerprint density at radius 2 is 1.93 bits per heavy atom. The van der Waals surface area contributed by atoms with Crippen molar-refractivity contribution in [1.82, 2.24) is 10.3 Å². The van der Waals surface area contributed by atoms with Crippen LogP contribution in [0.15, 0.2) is 46.9 Å². The number of hydrogen-bond acceptors (Lipinski definition) is 6. The lowest BCUT2D eigenvalue weighted by molar-refractivity contribution is -0.119. The third-order valence-corrected chi connectivity index (χ3v) is 3.85. The number of carbonyl (C=O) groups excluding carboxylic acids is 3. The van der Waals surface area contributed by atoms with E-state index in [9.17, 15) is 14.4 Å². The van der Waals surface area contributed by atoms with Crippen LogP contribution in [0.25, 0.3) is 10.9 Å². The maximum Gasteiger partial charge on any atom is 0.339 e. The van der Waals surface area contributed by atoms with E-state index in [-0.39, 0.29) is 18.2 Å². The number of aromatic nitrogens is 1. The number of nitrogens with zero attached hydrogens (tertiary/aromatic N) is 1. The number of ketones is 1. The number of Topliss-reactive ketones (excluding diaryl/α,β-unsaturated/α-hetero) is 1. The van der Waals surface area contributed by atoms with Crippen LogP contribution in [0.4, 0.5) is 0 Å². The highest BCUT2D eigenvalue weighted by atomic mass is 16.5. The van der Waals surface area contributed by atoms with E-state index in [1.54, 1.807) is 31.2 Å². The second-order valence-corrected chi connectivity index (χ2v) is 6.00. The van der Waals surface area contributed by atoms with Crippen molar-refractivity contribution in [3.05, 3.63) is 65.2 Å². The Morgan fingerprint density at radius 3 is 2.70 bits per heavy atom. The summed E-state index contributed by atoms with van der Waals surface area (Å²) in [5.74, 6) is -0.759. The summed E-state index contributed by atoms with van der Waals surface area (Å²) >= 11 is 0. The first-order valence-electron chi connectivity index (χ1n) is 8.34. The predicted molar refractivity (Wildman–Crippen MR) is 97.3 cm³/mol. The number of ether oxygens (including phenoxy) is 1. The van der Waals surface area contributed by atoms with Gasteiger partial charge in [0, 0.05) is 18.0 Å². The number of benzene rings is 1. The van der Waals surface area contributed by atoms with Crippen molar-refractivity contribution < 1.29 is 23.5 Å². The molecule has 1 aromatic carbocycles. The van der Waals surface area contributed by atoms with Crippen molar-refractivity contribution in [2.24, 2.45) is 0 Å². The minimum atomic E-state index is -0.602. The van der Waals surface area contributed by atoms with Gasteiger partial charge >= 0.3 is 5.97 Å². The molecule has 0 aliphatic rings. The van der Waals surface area contributed by atoms with Crippen LogP contribution in [-0.4, -0.2) is 29.3 Å². The molecule has 0 radical (unpaired) electrons. The minimum absolute atomic E-state index is 0.0684. The van der Waals surface area contributed by atoms with Crippen molar-refractivity contribution in [1.29, 1.82) is 0 Å². The van der Waals surface area contributed by atoms with Gasteiger partial charge in [0.25, 0.3) is 0 Å². The monoisotopic (exact) mass is 366 g/mol. The third-order valence-electron chi connectivity index (χ3n) is 3.85. The van der Waals surface area contributed by atoms with Crippen LogP contribution in [-0.2, 0) is 16.1 Å². The first-order chi connectivity index (χ1) is 12.9. The molecule has 7 nitrogen and oxygen atoms in total. The Kier molecular flexibility index (Phi) is 5.30. The maximum atomic E-state index is 12.4. The number of rotatable bonds is 6. The summed E-state index contributed by atoms with van der Waals surface area (Å²) in [6.45, 7) is 2.92. The van der Waals surface area contributed by atoms with Gasteiger partial charge in [0.1, 0.15) is 5.76 Å². The summed E-state index contributed by atoms with van der Waals surface area (Å²) < 4.78 is 10.5. The molecule has 3 aromatic rings. The second kappa shape index (κ2) is 7.82. The number of esters is 1. The van der Waals surface area contributed by atoms with Crippen LogP contribution in [0.1, 0.15) is 39.3 Å². The average molecular weight is 366 g/mol. The van der Waals surface area contributed by atoms with Gasteiger partial charge in [-0.1, -0.05) is 18.2 Å². The van der Waals surface area contributed by atoms with E-state index in [0.717, 1.165) is 0 Å². The fourth-order valence-electron chi connectivity index (χ4n) is 2.59. The molecule has 7 heteroatoms. The zero-order valence-corrected chi connectivity index (χ0v) is 14.9. The molecule has 27 heavy (non-hydrogen) atoms. The van der Waals surface area contributed by atoms with E-state index >= 15 is 0 Å². The van der Waals surface area contributed by atoms with E-state index in [2.05, 4.69) is 10.3 Å². The number of para-hydroxylation sites is 1. The summed E-state index contributed by atoms with van der Waals surface area (Å²) in [7, 11) is 0. The standard InChI is InChI=1S/C20H18N2O5/c1-12-9-16(15-5-3-4-6-17(15)22-12)20(25)26-11-18(24)19-8-7-14(27-19)10-21-13(2)23/h3-9H,10-11H2,1-2H3,(H,21,23). The number of hydrogen-bond donors (Lipinski definition) is 1. The van der Waals surface area contributed by atoms with Crippen molar-refractivity contribution in [2.45, 2.75) is 20.4 Å². The van der Waals surface area contributed by atoms with Crippen LogP contribution in [0.5, 0.6) is 0 Å². The van der Waals surface area contributed by atoms with Crippen LogP contribution in [0.3, 0.4) is 0 Å². The van der Waals surface area contributed by atoms with E-state index in [1.807, 2.05) is 12.1 Å². The Hall–Kier alpha value is -3.48. The molecule has 2 heterocycles. The number of furan rings is 1. The van der Waals surface area contributed by atoms with Crippen LogP contribution >= 0.6 is 0 Å². The van der Waals surface area contributed by atoms with Gasteiger partial charge in [-0.2, -0.15) is 0 Å². The van der Waals surface area contributed by atoms with E-state index in [1.165, 1.54) is 13.0 Å².